The largest absolute Gasteiger partial charge is 0.512 e. The number of carbonyl (C=O) groups excluding carboxylic acids is 2. The lowest BCUT2D eigenvalue weighted by Crippen LogP contribution is -2.51. The van der Waals surface area contributed by atoms with Crippen molar-refractivity contribution in [2.45, 2.75) is 45.1 Å². The van der Waals surface area contributed by atoms with Crippen LogP contribution in [0.5, 0.6) is 0 Å². The van der Waals surface area contributed by atoms with Gasteiger partial charge in [0.1, 0.15) is 11.6 Å². The van der Waals surface area contributed by atoms with Gasteiger partial charge in [0.25, 0.3) is 0 Å². The molecule has 0 bridgehead atoms. The number of aliphatic hydroxyl groups excluding tert-OH is 1. The van der Waals surface area contributed by atoms with Gasteiger partial charge in [-0.3, -0.25) is 43.5 Å². The number of hydrogen-bond donors (Lipinski definition) is 5. The molecular formula is C29H41N3O11. The van der Waals surface area contributed by atoms with Gasteiger partial charge in [0.05, 0.1) is 38.5 Å². The minimum absolute atomic E-state index is 0.00686. The van der Waals surface area contributed by atoms with Gasteiger partial charge in [-0.05, 0) is 17.5 Å². The Morgan fingerprint density at radius 2 is 1.14 bits per heavy atom. The topological polar surface area (TPSA) is 213 Å². The van der Waals surface area contributed by atoms with Crippen molar-refractivity contribution < 1.29 is 54.3 Å². The minimum Gasteiger partial charge on any atom is -0.512 e. The standard InChI is InChI=1S/C29H41N3O11/c1-3-24(34)8-9-25(35)13-22-6-4-21(5-7-22)12-23(32(18-28(40)41)19-29(42)43)15-31(17-27(38)39)11-10-30(14-20(2)33)16-26(36)37/h4-7,23,33H,2-3,8-19H2,1H3,(H,36,37)(H,38,39)(H,40,41)(H,42,43). The van der Waals surface area contributed by atoms with Gasteiger partial charge in [0, 0.05) is 51.4 Å². The third-order valence-corrected chi connectivity index (χ3v) is 6.49. The summed E-state index contributed by atoms with van der Waals surface area (Å²) in [5, 5.41) is 47.1. The number of carboxylic acid groups (broad SMARTS) is 4. The van der Waals surface area contributed by atoms with Gasteiger partial charge in [-0.1, -0.05) is 37.8 Å². The maximum Gasteiger partial charge on any atom is 0.317 e. The molecule has 5 N–H and O–H groups in total. The van der Waals surface area contributed by atoms with Crippen molar-refractivity contribution in [2.75, 3.05) is 52.4 Å². The third kappa shape index (κ3) is 16.8. The number of ketones is 2. The van der Waals surface area contributed by atoms with Crippen LogP contribution in [0.1, 0.15) is 37.3 Å². The van der Waals surface area contributed by atoms with E-state index < -0.39 is 56.1 Å². The maximum atomic E-state index is 12.2. The van der Waals surface area contributed by atoms with Gasteiger partial charge in [-0.15, -0.1) is 0 Å². The smallest absolute Gasteiger partial charge is 0.317 e. The van der Waals surface area contributed by atoms with Crippen LogP contribution in [-0.2, 0) is 41.6 Å². The molecule has 0 aliphatic carbocycles. The number of hydrogen-bond acceptors (Lipinski definition) is 10. The van der Waals surface area contributed by atoms with Gasteiger partial charge in [0.2, 0.25) is 0 Å². The first-order valence-corrected chi connectivity index (χ1v) is 13.7. The van der Waals surface area contributed by atoms with Gasteiger partial charge >= 0.3 is 23.9 Å². The molecule has 0 fully saturated rings. The fourth-order valence-electron chi connectivity index (χ4n) is 4.48. The monoisotopic (exact) mass is 607 g/mol. The van der Waals surface area contributed by atoms with Gasteiger partial charge in [0.15, 0.2) is 0 Å². The quantitative estimate of drug-likeness (QED) is 0.103. The Morgan fingerprint density at radius 3 is 1.63 bits per heavy atom. The molecule has 43 heavy (non-hydrogen) atoms. The second-order valence-corrected chi connectivity index (χ2v) is 10.3. The van der Waals surface area contributed by atoms with Crippen LogP contribution in [-0.4, -0.2) is 134 Å². The van der Waals surface area contributed by atoms with E-state index in [9.17, 15) is 54.3 Å². The Bertz CT molecular complexity index is 1100. The molecule has 0 heterocycles. The molecule has 0 aliphatic heterocycles. The highest BCUT2D eigenvalue weighted by Gasteiger charge is 2.27. The van der Waals surface area contributed by atoms with Crippen molar-refractivity contribution >= 4 is 35.4 Å². The average molecular weight is 608 g/mol. The summed E-state index contributed by atoms with van der Waals surface area (Å²) >= 11 is 0. The fraction of sp³-hybridized carbons (Fsp3) is 0.517. The van der Waals surface area contributed by atoms with Crippen LogP contribution in [0.15, 0.2) is 36.6 Å². The summed E-state index contributed by atoms with van der Waals surface area (Å²) in [4.78, 5) is 73.8. The van der Waals surface area contributed by atoms with Crippen LogP contribution in [0, 0.1) is 0 Å². The van der Waals surface area contributed by atoms with Crippen LogP contribution in [0.25, 0.3) is 0 Å². The van der Waals surface area contributed by atoms with Gasteiger partial charge < -0.3 is 25.5 Å². The van der Waals surface area contributed by atoms with E-state index in [4.69, 9.17) is 0 Å². The van der Waals surface area contributed by atoms with E-state index in [0.29, 0.717) is 17.5 Å². The number of carbonyl (C=O) groups is 6. The number of carboxylic acids is 4. The summed E-state index contributed by atoms with van der Waals surface area (Å²) in [7, 11) is 0. The summed E-state index contributed by atoms with van der Waals surface area (Å²) in [6, 6.07) is 6.08. The first-order valence-electron chi connectivity index (χ1n) is 13.7. The number of aliphatic carboxylic acids is 4. The molecule has 0 saturated carbocycles. The zero-order chi connectivity index (χ0) is 32.5. The van der Waals surface area contributed by atoms with Crippen molar-refractivity contribution in [1.82, 2.24) is 14.7 Å². The molecule has 1 rings (SSSR count). The third-order valence-electron chi connectivity index (χ3n) is 6.49. The van der Waals surface area contributed by atoms with E-state index in [1.165, 1.54) is 14.7 Å². The van der Waals surface area contributed by atoms with Gasteiger partial charge in [-0.2, -0.15) is 0 Å². The second-order valence-electron chi connectivity index (χ2n) is 10.3. The molecule has 1 aromatic rings. The maximum absolute atomic E-state index is 12.2. The predicted molar refractivity (Wildman–Crippen MR) is 154 cm³/mol. The van der Waals surface area contributed by atoms with Crippen molar-refractivity contribution in [3.05, 3.63) is 47.7 Å². The molecule has 0 radical (unpaired) electrons. The molecule has 0 aromatic heterocycles. The van der Waals surface area contributed by atoms with Crippen molar-refractivity contribution in [2.24, 2.45) is 0 Å². The minimum atomic E-state index is -1.28. The van der Waals surface area contributed by atoms with Crippen molar-refractivity contribution in [3.63, 3.8) is 0 Å². The number of Topliss-reactive ketones (excluding diaryl/α,β-unsaturated/α-hetero) is 2. The normalized spacial score (nSPS) is 11.9. The van der Waals surface area contributed by atoms with Crippen molar-refractivity contribution in [3.8, 4) is 0 Å². The first kappa shape index (κ1) is 36.9. The van der Waals surface area contributed by atoms with Gasteiger partial charge in [-0.25, -0.2) is 0 Å². The lowest BCUT2D eigenvalue weighted by atomic mass is 9.99. The fourth-order valence-corrected chi connectivity index (χ4v) is 4.48. The molecule has 14 heteroatoms. The highest BCUT2D eigenvalue weighted by Crippen LogP contribution is 2.14. The summed E-state index contributed by atoms with van der Waals surface area (Å²) in [6.07, 6.45) is 0.971. The number of benzene rings is 1. The SMILES string of the molecule is C=C(O)CN(CCN(CC(=O)O)CC(Cc1ccc(CC(=O)CCC(=O)CC)cc1)N(CC(=O)O)CC(=O)O)CC(=O)O. The summed E-state index contributed by atoms with van der Waals surface area (Å²) in [5.41, 5.74) is 1.39. The molecule has 14 nitrogen and oxygen atoms in total. The first-order chi connectivity index (χ1) is 20.2. The summed E-state index contributed by atoms with van der Waals surface area (Å²) in [6.45, 7) is 2.70. The van der Waals surface area contributed by atoms with E-state index in [1.807, 2.05) is 0 Å². The molecular weight excluding hydrogens is 566 g/mol. The van der Waals surface area contributed by atoms with E-state index in [-0.39, 0.29) is 69.2 Å². The molecule has 1 atom stereocenters. The summed E-state index contributed by atoms with van der Waals surface area (Å²) < 4.78 is 0. The van der Waals surface area contributed by atoms with Crippen LogP contribution >= 0.6 is 0 Å². The van der Waals surface area contributed by atoms with E-state index in [0.717, 1.165) is 0 Å². The number of nitrogens with zero attached hydrogens (tertiary/aromatic N) is 3. The van der Waals surface area contributed by atoms with Crippen LogP contribution in [0.3, 0.4) is 0 Å². The van der Waals surface area contributed by atoms with Crippen LogP contribution in [0.2, 0.25) is 0 Å². The highest BCUT2D eigenvalue weighted by molar-refractivity contribution is 5.87. The number of aliphatic hydroxyl groups is 1. The molecule has 0 spiro atoms. The highest BCUT2D eigenvalue weighted by atomic mass is 16.4. The van der Waals surface area contributed by atoms with Crippen LogP contribution in [0.4, 0.5) is 0 Å². The lowest BCUT2D eigenvalue weighted by Gasteiger charge is -2.34. The Kier molecular flexibility index (Phi) is 16.4. The number of rotatable bonds is 24. The molecule has 0 saturated heterocycles. The van der Waals surface area contributed by atoms with E-state index in [1.54, 1.807) is 31.2 Å². The molecule has 238 valence electrons. The van der Waals surface area contributed by atoms with E-state index in [2.05, 4.69) is 6.58 Å². The predicted octanol–water partition coefficient (Wildman–Crippen LogP) is 0.785. The van der Waals surface area contributed by atoms with E-state index >= 15 is 0 Å². The zero-order valence-corrected chi connectivity index (χ0v) is 24.3. The molecule has 0 aliphatic rings. The Labute approximate surface area is 249 Å². The Hall–Kier alpha value is -4.14. The van der Waals surface area contributed by atoms with Crippen LogP contribution < -0.4 is 0 Å². The lowest BCUT2D eigenvalue weighted by molar-refractivity contribution is -0.144. The molecule has 0 amide bonds. The van der Waals surface area contributed by atoms with Crippen molar-refractivity contribution in [1.29, 1.82) is 0 Å². The second kappa shape index (κ2) is 19.1. The Balaban J connectivity index is 3.19. The average Bonchev–Trinajstić information content (AvgIpc) is 2.89. The molecule has 1 unspecified atom stereocenters. The zero-order valence-electron chi connectivity index (χ0n) is 24.3. The summed E-state index contributed by atoms with van der Waals surface area (Å²) in [5.74, 6) is -5.29. The molecule has 1 aromatic carbocycles. The Morgan fingerprint density at radius 1 is 0.674 bits per heavy atom.